The Morgan fingerprint density at radius 1 is 1.03 bits per heavy atom. The van der Waals surface area contributed by atoms with E-state index in [0.717, 1.165) is 41.1 Å². The fraction of sp³-hybridized carbons (Fsp3) is 0.517. The molecule has 39 heavy (non-hydrogen) atoms. The Labute approximate surface area is 231 Å². The molecule has 0 radical (unpaired) electrons. The summed E-state index contributed by atoms with van der Waals surface area (Å²) in [4.78, 5) is 29.0. The molecule has 1 atom stereocenters. The van der Waals surface area contributed by atoms with Crippen LogP contribution in [0.4, 0.5) is 5.69 Å². The van der Waals surface area contributed by atoms with Crippen molar-refractivity contribution in [1.29, 1.82) is 0 Å². The molecule has 4 rings (SSSR count). The lowest BCUT2D eigenvalue weighted by Crippen LogP contribution is -2.54. The molecule has 1 aliphatic carbocycles. The van der Waals surface area contributed by atoms with Gasteiger partial charge in [-0.2, -0.15) is 0 Å². The molecule has 1 aliphatic heterocycles. The molecule has 10 heteroatoms. The number of nitrogens with one attached hydrogen (secondary N) is 1. The van der Waals surface area contributed by atoms with Crippen LogP contribution in [0.3, 0.4) is 0 Å². The van der Waals surface area contributed by atoms with E-state index in [1.807, 2.05) is 38.1 Å². The maximum atomic E-state index is 14.0. The fourth-order valence-corrected chi connectivity index (χ4v) is 6.28. The summed E-state index contributed by atoms with van der Waals surface area (Å²) in [5.41, 5.74) is 2.22. The molecular formula is C29H39N3O6S. The highest BCUT2D eigenvalue weighted by Crippen LogP contribution is 2.36. The first-order chi connectivity index (χ1) is 18.7. The molecule has 2 aromatic carbocycles. The Kier molecular flexibility index (Phi) is 9.37. The van der Waals surface area contributed by atoms with Gasteiger partial charge in [0, 0.05) is 18.7 Å². The molecular weight excluding hydrogens is 518 g/mol. The third-order valence-electron chi connectivity index (χ3n) is 7.40. The molecule has 9 nitrogen and oxygen atoms in total. The third-order valence-corrected chi connectivity index (χ3v) is 9.14. The van der Waals surface area contributed by atoms with E-state index in [1.54, 1.807) is 18.2 Å². The van der Waals surface area contributed by atoms with Crippen molar-refractivity contribution in [3.8, 4) is 11.5 Å². The number of carbonyl (C=O) groups is 2. The van der Waals surface area contributed by atoms with E-state index in [4.69, 9.17) is 9.47 Å². The Morgan fingerprint density at radius 3 is 2.46 bits per heavy atom. The van der Waals surface area contributed by atoms with Gasteiger partial charge >= 0.3 is 0 Å². The number of fused-ring (bicyclic) bond motifs is 1. The Balaban J connectivity index is 1.64. The summed E-state index contributed by atoms with van der Waals surface area (Å²) in [6.07, 6.45) is 5.59. The maximum absolute atomic E-state index is 14.0. The fourth-order valence-electron chi connectivity index (χ4n) is 5.23. The predicted molar refractivity (Wildman–Crippen MR) is 150 cm³/mol. The van der Waals surface area contributed by atoms with Gasteiger partial charge in [-0.15, -0.1) is 0 Å². The van der Waals surface area contributed by atoms with Crippen LogP contribution >= 0.6 is 0 Å². The van der Waals surface area contributed by atoms with Crippen molar-refractivity contribution in [3.05, 3.63) is 53.6 Å². The van der Waals surface area contributed by atoms with Gasteiger partial charge in [-0.1, -0.05) is 56.0 Å². The quantitative estimate of drug-likeness (QED) is 0.445. The molecule has 2 aliphatic rings. The second-order valence-electron chi connectivity index (χ2n) is 10.2. The number of sulfonamides is 1. The van der Waals surface area contributed by atoms with Crippen LogP contribution in [0.15, 0.2) is 42.5 Å². The van der Waals surface area contributed by atoms with E-state index in [9.17, 15) is 18.0 Å². The molecule has 0 bridgehead atoms. The lowest BCUT2D eigenvalue weighted by molar-refractivity contribution is -0.140. The summed E-state index contributed by atoms with van der Waals surface area (Å²) in [5, 5.41) is 3.16. The van der Waals surface area contributed by atoms with Crippen LogP contribution in [0.25, 0.3) is 0 Å². The van der Waals surface area contributed by atoms with Crippen LogP contribution in [0.1, 0.15) is 63.5 Å². The minimum Gasteiger partial charge on any atom is -0.454 e. The smallest absolute Gasteiger partial charge is 0.244 e. The molecule has 1 unspecified atom stereocenters. The first-order valence-electron chi connectivity index (χ1n) is 13.8. The predicted octanol–water partition coefficient (Wildman–Crippen LogP) is 4.14. The summed E-state index contributed by atoms with van der Waals surface area (Å²) in [7, 11) is -3.83. The summed E-state index contributed by atoms with van der Waals surface area (Å²) in [6, 6.07) is 11.9. The molecule has 1 N–H and O–H groups in total. The Bertz CT molecular complexity index is 1280. The first-order valence-corrected chi connectivity index (χ1v) is 15.4. The van der Waals surface area contributed by atoms with Crippen molar-refractivity contribution in [2.24, 2.45) is 0 Å². The van der Waals surface area contributed by atoms with E-state index in [0.29, 0.717) is 23.6 Å². The van der Waals surface area contributed by atoms with Crippen LogP contribution < -0.4 is 19.1 Å². The van der Waals surface area contributed by atoms with Crippen molar-refractivity contribution in [2.45, 2.75) is 77.9 Å². The minimum absolute atomic E-state index is 0.0524. The highest BCUT2D eigenvalue weighted by molar-refractivity contribution is 7.92. The topological polar surface area (TPSA) is 105 Å². The molecule has 0 spiro atoms. The van der Waals surface area contributed by atoms with Crippen LogP contribution in [-0.2, 0) is 26.2 Å². The number of nitrogens with zero attached hydrogens (tertiary/aromatic N) is 2. The number of benzene rings is 2. The standard InChI is InChI=1S/C29H39N3O6S/c1-4-25(29(34)30-23-12-7-6-8-13-23)31(18-22-11-9-10-21(3)16-22)28(33)19-32(39(35,36)5-2)24-14-15-26-27(17-24)38-20-37-26/h9-11,14-17,23,25H,4-8,12-13,18-20H2,1-3H3,(H,30,34). The highest BCUT2D eigenvalue weighted by Gasteiger charge is 2.34. The van der Waals surface area contributed by atoms with E-state index in [2.05, 4.69) is 5.32 Å². The van der Waals surface area contributed by atoms with Crippen molar-refractivity contribution < 1.29 is 27.5 Å². The summed E-state index contributed by atoms with van der Waals surface area (Å²) in [5.74, 6) is 0.109. The monoisotopic (exact) mass is 557 g/mol. The van der Waals surface area contributed by atoms with Gasteiger partial charge in [0.2, 0.25) is 28.6 Å². The van der Waals surface area contributed by atoms with Crippen LogP contribution in [0.5, 0.6) is 11.5 Å². The number of carbonyl (C=O) groups excluding carboxylic acids is 2. The van der Waals surface area contributed by atoms with E-state index < -0.39 is 28.5 Å². The second kappa shape index (κ2) is 12.7. The van der Waals surface area contributed by atoms with Gasteiger partial charge in [0.05, 0.1) is 11.4 Å². The van der Waals surface area contributed by atoms with Gasteiger partial charge in [0.25, 0.3) is 0 Å². The van der Waals surface area contributed by atoms with Gasteiger partial charge in [-0.05, 0) is 50.8 Å². The molecule has 0 saturated heterocycles. The third kappa shape index (κ3) is 7.03. The zero-order chi connectivity index (χ0) is 28.0. The minimum atomic E-state index is -3.83. The Morgan fingerprint density at radius 2 is 1.77 bits per heavy atom. The maximum Gasteiger partial charge on any atom is 0.244 e. The van der Waals surface area contributed by atoms with E-state index >= 15 is 0 Å². The zero-order valence-corrected chi connectivity index (χ0v) is 23.8. The second-order valence-corrected chi connectivity index (χ2v) is 12.4. The molecule has 1 heterocycles. The van der Waals surface area contributed by atoms with Crippen LogP contribution in [0.2, 0.25) is 0 Å². The van der Waals surface area contributed by atoms with Gasteiger partial charge < -0.3 is 19.7 Å². The van der Waals surface area contributed by atoms with Crippen molar-refractivity contribution in [1.82, 2.24) is 10.2 Å². The number of hydrogen-bond acceptors (Lipinski definition) is 6. The summed E-state index contributed by atoms with van der Waals surface area (Å²) >= 11 is 0. The molecule has 212 valence electrons. The number of ether oxygens (including phenoxy) is 2. The number of hydrogen-bond donors (Lipinski definition) is 1. The highest BCUT2D eigenvalue weighted by atomic mass is 32.2. The first kappa shape index (κ1) is 28.7. The number of aryl methyl sites for hydroxylation is 1. The van der Waals surface area contributed by atoms with Gasteiger partial charge in [0.15, 0.2) is 11.5 Å². The average Bonchev–Trinajstić information content (AvgIpc) is 3.40. The van der Waals surface area contributed by atoms with Gasteiger partial charge in [-0.3, -0.25) is 13.9 Å². The number of amides is 2. The largest absolute Gasteiger partial charge is 0.454 e. The van der Waals surface area contributed by atoms with Crippen LogP contribution in [0, 0.1) is 6.92 Å². The zero-order valence-electron chi connectivity index (χ0n) is 23.0. The normalized spacial score (nSPS) is 16.0. The summed E-state index contributed by atoms with van der Waals surface area (Å²) in [6.45, 7) is 5.19. The number of anilines is 1. The summed E-state index contributed by atoms with van der Waals surface area (Å²) < 4.78 is 38.3. The van der Waals surface area contributed by atoms with Crippen molar-refractivity contribution in [2.75, 3.05) is 23.4 Å². The molecule has 0 aromatic heterocycles. The SMILES string of the molecule is CCC(C(=O)NC1CCCCC1)N(Cc1cccc(C)c1)C(=O)CN(c1ccc2c(c1)OCO2)S(=O)(=O)CC. The molecule has 2 amide bonds. The van der Waals surface area contributed by atoms with Crippen molar-refractivity contribution in [3.63, 3.8) is 0 Å². The Hall–Kier alpha value is -3.27. The van der Waals surface area contributed by atoms with Gasteiger partial charge in [0.1, 0.15) is 12.6 Å². The lowest BCUT2D eigenvalue weighted by atomic mass is 9.95. The molecule has 2 aromatic rings. The number of rotatable bonds is 11. The molecule has 1 fully saturated rings. The molecule has 1 saturated carbocycles. The van der Waals surface area contributed by atoms with E-state index in [-0.39, 0.29) is 31.0 Å². The average molecular weight is 558 g/mol. The van der Waals surface area contributed by atoms with Gasteiger partial charge in [-0.25, -0.2) is 8.42 Å². The van der Waals surface area contributed by atoms with Crippen molar-refractivity contribution >= 4 is 27.5 Å². The van der Waals surface area contributed by atoms with E-state index in [1.165, 1.54) is 18.2 Å². The van der Waals surface area contributed by atoms with Crippen LogP contribution in [-0.4, -0.2) is 56.3 Å². The lowest BCUT2D eigenvalue weighted by Gasteiger charge is -2.34.